The maximum atomic E-state index is 13.3. The zero-order chi connectivity index (χ0) is 28.4. The molecule has 0 aliphatic carbocycles. The van der Waals surface area contributed by atoms with E-state index in [1.807, 2.05) is 0 Å². The van der Waals surface area contributed by atoms with Gasteiger partial charge in [0, 0.05) is 24.2 Å². The van der Waals surface area contributed by atoms with Crippen molar-refractivity contribution in [2.24, 2.45) is 0 Å². The minimum absolute atomic E-state index is 0.118. The second kappa shape index (κ2) is 10.7. The minimum Gasteiger partial charge on any atom is -0.481 e. The summed E-state index contributed by atoms with van der Waals surface area (Å²) in [7, 11) is 0. The summed E-state index contributed by atoms with van der Waals surface area (Å²) in [5.74, 6) is -2.07. The van der Waals surface area contributed by atoms with Gasteiger partial charge in [0.1, 0.15) is 11.6 Å². The van der Waals surface area contributed by atoms with Gasteiger partial charge < -0.3 is 19.7 Å². The molecule has 0 bridgehead atoms. The zero-order valence-corrected chi connectivity index (χ0v) is 19.8. The number of amides is 1. The normalized spacial score (nSPS) is 11.9. The third kappa shape index (κ3) is 6.86. The summed E-state index contributed by atoms with van der Waals surface area (Å²) < 4.78 is 83.7. The van der Waals surface area contributed by atoms with Crippen LogP contribution < -0.4 is 10.1 Å². The predicted octanol–water partition coefficient (Wildman–Crippen LogP) is 5.87. The number of nitrogens with zero attached hydrogens (tertiary/aromatic N) is 2. The van der Waals surface area contributed by atoms with Gasteiger partial charge in [-0.2, -0.15) is 13.2 Å². The van der Waals surface area contributed by atoms with Crippen molar-refractivity contribution in [3.8, 4) is 17.1 Å². The van der Waals surface area contributed by atoms with Crippen LogP contribution in [-0.4, -0.2) is 39.4 Å². The zero-order valence-electron chi connectivity index (χ0n) is 19.8. The SMILES string of the molecule is O=C(O)CCNC(=O)c1ccc2c(c1)nc(-c1cccc(OC(F)(F)F)c1)n2Cc1cccc(C(F)(F)F)c1. The van der Waals surface area contributed by atoms with Gasteiger partial charge in [-0.3, -0.25) is 9.59 Å². The highest BCUT2D eigenvalue weighted by Crippen LogP contribution is 2.33. The largest absolute Gasteiger partial charge is 0.573 e. The fourth-order valence-electron chi connectivity index (χ4n) is 3.90. The van der Waals surface area contributed by atoms with Gasteiger partial charge in [-0.15, -0.1) is 13.2 Å². The van der Waals surface area contributed by atoms with Gasteiger partial charge in [0.2, 0.25) is 0 Å². The Kier molecular flexibility index (Phi) is 7.52. The first-order valence-corrected chi connectivity index (χ1v) is 11.3. The topological polar surface area (TPSA) is 93.5 Å². The highest BCUT2D eigenvalue weighted by atomic mass is 19.4. The van der Waals surface area contributed by atoms with E-state index >= 15 is 0 Å². The predicted molar refractivity (Wildman–Crippen MR) is 127 cm³/mol. The number of benzene rings is 3. The van der Waals surface area contributed by atoms with Crippen molar-refractivity contribution in [1.82, 2.24) is 14.9 Å². The van der Waals surface area contributed by atoms with Crippen LogP contribution in [-0.2, 0) is 17.5 Å². The molecule has 39 heavy (non-hydrogen) atoms. The quantitative estimate of drug-likeness (QED) is 0.267. The number of nitrogens with one attached hydrogen (secondary N) is 1. The molecule has 204 valence electrons. The molecule has 4 aromatic rings. The molecule has 4 rings (SSSR count). The maximum Gasteiger partial charge on any atom is 0.573 e. The Morgan fingerprint density at radius 1 is 0.949 bits per heavy atom. The van der Waals surface area contributed by atoms with Gasteiger partial charge in [0.15, 0.2) is 0 Å². The van der Waals surface area contributed by atoms with E-state index in [1.165, 1.54) is 47.0 Å². The molecule has 0 aliphatic heterocycles. The average Bonchev–Trinajstić information content (AvgIpc) is 3.20. The fourth-order valence-corrected chi connectivity index (χ4v) is 3.90. The Balaban J connectivity index is 1.78. The summed E-state index contributed by atoms with van der Waals surface area (Å²) in [4.78, 5) is 27.6. The van der Waals surface area contributed by atoms with Crippen LogP contribution in [0.4, 0.5) is 26.3 Å². The van der Waals surface area contributed by atoms with Crippen molar-refractivity contribution in [2.45, 2.75) is 25.5 Å². The van der Waals surface area contributed by atoms with E-state index in [4.69, 9.17) is 5.11 Å². The first kappa shape index (κ1) is 27.5. The van der Waals surface area contributed by atoms with Crippen molar-refractivity contribution in [2.75, 3.05) is 6.54 Å². The molecule has 7 nitrogen and oxygen atoms in total. The monoisotopic (exact) mass is 551 g/mol. The molecule has 0 saturated carbocycles. The Bertz CT molecular complexity index is 1530. The van der Waals surface area contributed by atoms with Crippen LogP contribution >= 0.6 is 0 Å². The molecule has 2 N–H and O–H groups in total. The molecule has 13 heteroatoms. The van der Waals surface area contributed by atoms with E-state index in [1.54, 1.807) is 0 Å². The van der Waals surface area contributed by atoms with E-state index in [-0.39, 0.29) is 47.5 Å². The Labute approximate surface area is 216 Å². The molecule has 0 aliphatic rings. The second-order valence-electron chi connectivity index (χ2n) is 8.40. The number of carboxylic acids is 1. The lowest BCUT2D eigenvalue weighted by atomic mass is 10.1. The molecule has 3 aromatic carbocycles. The Hall–Kier alpha value is -4.55. The maximum absolute atomic E-state index is 13.3. The van der Waals surface area contributed by atoms with Crippen LogP contribution in [0.2, 0.25) is 0 Å². The van der Waals surface area contributed by atoms with Gasteiger partial charge in [-0.05, 0) is 48.0 Å². The molecular weight excluding hydrogens is 532 g/mol. The Morgan fingerprint density at radius 2 is 1.69 bits per heavy atom. The van der Waals surface area contributed by atoms with Crippen LogP contribution in [0.25, 0.3) is 22.4 Å². The number of carboxylic acid groups (broad SMARTS) is 1. The van der Waals surface area contributed by atoms with Crippen molar-refractivity contribution in [1.29, 1.82) is 0 Å². The van der Waals surface area contributed by atoms with Crippen LogP contribution in [0.3, 0.4) is 0 Å². The van der Waals surface area contributed by atoms with Gasteiger partial charge in [-0.25, -0.2) is 4.98 Å². The number of fused-ring (bicyclic) bond motifs is 1. The smallest absolute Gasteiger partial charge is 0.481 e. The number of carbonyl (C=O) groups is 2. The van der Waals surface area contributed by atoms with Gasteiger partial charge in [-0.1, -0.05) is 24.3 Å². The number of carbonyl (C=O) groups excluding carboxylic acids is 1. The first-order valence-electron chi connectivity index (χ1n) is 11.3. The first-order chi connectivity index (χ1) is 18.3. The van der Waals surface area contributed by atoms with Crippen molar-refractivity contribution >= 4 is 22.9 Å². The third-order valence-electron chi connectivity index (χ3n) is 5.56. The molecule has 0 atom stereocenters. The Morgan fingerprint density at radius 3 is 2.38 bits per heavy atom. The molecule has 0 spiro atoms. The molecule has 1 heterocycles. The van der Waals surface area contributed by atoms with Gasteiger partial charge >= 0.3 is 18.5 Å². The van der Waals surface area contributed by atoms with Crippen LogP contribution in [0.15, 0.2) is 66.7 Å². The van der Waals surface area contributed by atoms with E-state index in [0.717, 1.165) is 24.3 Å². The lowest BCUT2D eigenvalue weighted by Gasteiger charge is -2.13. The number of halogens is 6. The highest BCUT2D eigenvalue weighted by molar-refractivity contribution is 5.98. The third-order valence-corrected chi connectivity index (χ3v) is 5.56. The fraction of sp³-hybridized carbons (Fsp3) is 0.192. The van der Waals surface area contributed by atoms with E-state index < -0.39 is 35.7 Å². The summed E-state index contributed by atoms with van der Waals surface area (Å²) in [5.41, 5.74) is 0.344. The summed E-state index contributed by atoms with van der Waals surface area (Å²) >= 11 is 0. The van der Waals surface area contributed by atoms with Crippen LogP contribution in [0, 0.1) is 0 Å². The van der Waals surface area contributed by atoms with E-state index in [0.29, 0.717) is 5.52 Å². The van der Waals surface area contributed by atoms with Crippen molar-refractivity contribution in [3.05, 3.63) is 83.4 Å². The van der Waals surface area contributed by atoms with Crippen LogP contribution in [0.5, 0.6) is 5.75 Å². The molecule has 0 radical (unpaired) electrons. The molecule has 0 saturated heterocycles. The lowest BCUT2D eigenvalue weighted by Crippen LogP contribution is -2.25. The van der Waals surface area contributed by atoms with Crippen molar-refractivity contribution in [3.63, 3.8) is 0 Å². The van der Waals surface area contributed by atoms with Gasteiger partial charge in [0.05, 0.1) is 23.0 Å². The second-order valence-corrected chi connectivity index (χ2v) is 8.40. The molecule has 0 unspecified atom stereocenters. The summed E-state index contributed by atoms with van der Waals surface area (Å²) in [6.45, 7) is -0.238. The van der Waals surface area contributed by atoms with Crippen molar-refractivity contribution < 1.29 is 45.8 Å². The van der Waals surface area contributed by atoms with Crippen LogP contribution in [0.1, 0.15) is 27.9 Å². The average molecular weight is 551 g/mol. The molecule has 0 fully saturated rings. The number of aliphatic carboxylic acids is 1. The number of hydrogen-bond acceptors (Lipinski definition) is 4. The summed E-state index contributed by atoms with van der Waals surface area (Å²) in [5, 5.41) is 11.2. The minimum atomic E-state index is -4.94. The number of rotatable bonds is 8. The number of hydrogen-bond donors (Lipinski definition) is 2. The summed E-state index contributed by atoms with van der Waals surface area (Å²) in [6, 6.07) is 13.9. The number of ether oxygens (including phenoxy) is 1. The summed E-state index contributed by atoms with van der Waals surface area (Å²) in [6.07, 6.45) is -9.82. The number of aromatic nitrogens is 2. The molecule has 1 amide bonds. The van der Waals surface area contributed by atoms with Gasteiger partial charge in [0.25, 0.3) is 5.91 Å². The van der Waals surface area contributed by atoms with E-state index in [2.05, 4.69) is 15.0 Å². The van der Waals surface area contributed by atoms with E-state index in [9.17, 15) is 35.9 Å². The highest BCUT2D eigenvalue weighted by Gasteiger charge is 2.32. The number of imidazole rings is 1. The molecule has 1 aromatic heterocycles. The standard InChI is InChI=1S/C26H19F6N3O4/c27-25(28,29)18-5-1-3-15(11-18)14-35-21-8-7-17(24(38)33-10-9-22(36)37)13-20(21)34-23(35)16-4-2-6-19(12-16)39-26(30,31)32/h1-8,11-13H,9-10,14H2,(H,33,38)(H,36,37). The molecular formula is C26H19F6N3O4. The number of alkyl halides is 6. The lowest BCUT2D eigenvalue weighted by molar-refractivity contribution is -0.274.